The highest BCUT2D eigenvalue weighted by molar-refractivity contribution is 7.21. The van der Waals surface area contributed by atoms with E-state index in [9.17, 15) is 4.79 Å². The van der Waals surface area contributed by atoms with Gasteiger partial charge in [-0.15, -0.1) is 11.3 Å². The van der Waals surface area contributed by atoms with Crippen LogP contribution in [0, 0.1) is 12.8 Å². The molecule has 2 aromatic heterocycles. The number of unbranched alkanes of at least 4 members (excludes halogenated alkanes) is 1. The fourth-order valence-electron chi connectivity index (χ4n) is 2.22. The number of nitrogens with zero attached hydrogens (tertiary/aromatic N) is 1. The van der Waals surface area contributed by atoms with E-state index in [1.165, 1.54) is 17.8 Å². The Kier molecular flexibility index (Phi) is 5.17. The zero-order chi connectivity index (χ0) is 15.4. The second kappa shape index (κ2) is 6.89. The molecule has 114 valence electrons. The second-order valence-electron chi connectivity index (χ2n) is 5.80. The third-order valence-corrected chi connectivity index (χ3v) is 4.55. The second-order valence-corrected chi connectivity index (χ2v) is 6.79. The Hall–Kier alpha value is -1.62. The van der Waals surface area contributed by atoms with Crippen molar-refractivity contribution in [3.05, 3.63) is 22.7 Å². The van der Waals surface area contributed by atoms with Gasteiger partial charge in [-0.05, 0) is 31.4 Å². The largest absolute Gasteiger partial charge is 0.397 e. The number of fused-ring (bicyclic) bond motifs is 1. The molecule has 0 aliphatic heterocycles. The summed E-state index contributed by atoms with van der Waals surface area (Å²) in [6, 6.07) is 3.85. The summed E-state index contributed by atoms with van der Waals surface area (Å²) in [6.45, 7) is 7.06. The van der Waals surface area contributed by atoms with Gasteiger partial charge >= 0.3 is 0 Å². The van der Waals surface area contributed by atoms with Gasteiger partial charge in [-0.2, -0.15) is 0 Å². The monoisotopic (exact) mass is 305 g/mol. The molecule has 4 nitrogen and oxygen atoms in total. The van der Waals surface area contributed by atoms with Crippen LogP contribution in [0.25, 0.3) is 10.2 Å². The lowest BCUT2D eigenvalue weighted by molar-refractivity contribution is 0.0958. The van der Waals surface area contributed by atoms with Crippen LogP contribution < -0.4 is 11.1 Å². The Bertz CT molecular complexity index is 634. The van der Waals surface area contributed by atoms with Gasteiger partial charge in [0.1, 0.15) is 9.71 Å². The van der Waals surface area contributed by atoms with Gasteiger partial charge in [0.15, 0.2) is 0 Å². The van der Waals surface area contributed by atoms with Crippen LogP contribution in [0.15, 0.2) is 12.1 Å². The van der Waals surface area contributed by atoms with Gasteiger partial charge in [-0.25, -0.2) is 4.98 Å². The van der Waals surface area contributed by atoms with E-state index in [0.717, 1.165) is 28.8 Å². The van der Waals surface area contributed by atoms with Gasteiger partial charge in [0.25, 0.3) is 5.91 Å². The van der Waals surface area contributed by atoms with Crippen molar-refractivity contribution in [2.45, 2.75) is 40.0 Å². The predicted molar refractivity (Wildman–Crippen MR) is 89.8 cm³/mol. The number of amides is 1. The Labute approximate surface area is 129 Å². The lowest BCUT2D eigenvalue weighted by Gasteiger charge is -2.06. The number of nitrogens with two attached hydrogens (primary N) is 1. The molecular weight excluding hydrogens is 282 g/mol. The number of anilines is 1. The number of aromatic nitrogens is 1. The number of aryl methyl sites for hydroxylation is 1. The average molecular weight is 305 g/mol. The minimum atomic E-state index is -0.0855. The Morgan fingerprint density at radius 3 is 2.86 bits per heavy atom. The predicted octanol–water partition coefficient (Wildman–Crippen LogP) is 3.74. The summed E-state index contributed by atoms with van der Waals surface area (Å²) in [6.07, 6.45) is 3.34. The van der Waals surface area contributed by atoms with E-state index < -0.39 is 0 Å². The first-order valence-corrected chi connectivity index (χ1v) is 8.24. The highest BCUT2D eigenvalue weighted by Crippen LogP contribution is 2.32. The molecular formula is C16H23N3OS. The van der Waals surface area contributed by atoms with Gasteiger partial charge in [0.2, 0.25) is 0 Å². The maximum absolute atomic E-state index is 12.2. The molecule has 0 saturated carbocycles. The van der Waals surface area contributed by atoms with Crippen molar-refractivity contribution in [2.24, 2.45) is 5.92 Å². The van der Waals surface area contributed by atoms with Gasteiger partial charge in [0, 0.05) is 17.6 Å². The zero-order valence-corrected chi connectivity index (χ0v) is 13.7. The number of hydrogen-bond acceptors (Lipinski definition) is 4. The summed E-state index contributed by atoms with van der Waals surface area (Å²) in [5, 5.41) is 3.82. The molecule has 3 N–H and O–H groups in total. The molecule has 0 atom stereocenters. The summed E-state index contributed by atoms with van der Waals surface area (Å²) in [7, 11) is 0. The van der Waals surface area contributed by atoms with E-state index in [0.29, 0.717) is 23.0 Å². The molecule has 1 amide bonds. The number of thiophene rings is 1. The first-order chi connectivity index (χ1) is 9.99. The number of nitrogen functional groups attached to an aromatic ring is 1. The van der Waals surface area contributed by atoms with Gasteiger partial charge in [-0.1, -0.05) is 26.7 Å². The SMILES string of the molecule is Cc1ccc2c(N)c(C(=O)NCCCCC(C)C)sc2n1. The fourth-order valence-corrected chi connectivity index (χ4v) is 3.27. The number of carbonyl (C=O) groups is 1. The Balaban J connectivity index is 1.98. The Morgan fingerprint density at radius 2 is 2.14 bits per heavy atom. The number of rotatable bonds is 6. The van der Waals surface area contributed by atoms with Crippen LogP contribution in [0.3, 0.4) is 0 Å². The molecule has 0 saturated heterocycles. The Morgan fingerprint density at radius 1 is 1.38 bits per heavy atom. The zero-order valence-electron chi connectivity index (χ0n) is 12.9. The molecule has 0 unspecified atom stereocenters. The average Bonchev–Trinajstić information content (AvgIpc) is 2.74. The van der Waals surface area contributed by atoms with Crippen LogP contribution in [-0.4, -0.2) is 17.4 Å². The molecule has 5 heteroatoms. The maximum atomic E-state index is 12.2. The van der Waals surface area contributed by atoms with Crippen LogP contribution in [0.1, 0.15) is 48.5 Å². The number of hydrogen-bond donors (Lipinski definition) is 2. The molecule has 0 bridgehead atoms. The molecule has 2 rings (SSSR count). The topological polar surface area (TPSA) is 68.0 Å². The van der Waals surface area contributed by atoms with Crippen LogP contribution >= 0.6 is 11.3 Å². The lowest BCUT2D eigenvalue weighted by atomic mass is 10.1. The highest BCUT2D eigenvalue weighted by Gasteiger charge is 2.16. The van der Waals surface area contributed by atoms with Gasteiger partial charge in [0.05, 0.1) is 5.69 Å². The summed E-state index contributed by atoms with van der Waals surface area (Å²) < 4.78 is 0. The third kappa shape index (κ3) is 3.94. The van der Waals surface area contributed by atoms with Crippen molar-refractivity contribution < 1.29 is 4.79 Å². The molecule has 0 spiro atoms. The lowest BCUT2D eigenvalue weighted by Crippen LogP contribution is -2.24. The highest BCUT2D eigenvalue weighted by atomic mass is 32.1. The molecule has 21 heavy (non-hydrogen) atoms. The van der Waals surface area contributed by atoms with Crippen molar-refractivity contribution in [1.82, 2.24) is 10.3 Å². The van der Waals surface area contributed by atoms with Crippen LogP contribution in [-0.2, 0) is 0 Å². The minimum absolute atomic E-state index is 0.0855. The van der Waals surface area contributed by atoms with Crippen molar-refractivity contribution in [2.75, 3.05) is 12.3 Å². The molecule has 0 aliphatic rings. The first-order valence-electron chi connectivity index (χ1n) is 7.43. The summed E-state index contributed by atoms with van der Waals surface area (Å²) in [5.74, 6) is 0.631. The van der Waals surface area contributed by atoms with E-state index in [-0.39, 0.29) is 5.91 Å². The van der Waals surface area contributed by atoms with Gasteiger partial charge in [-0.3, -0.25) is 4.79 Å². The summed E-state index contributed by atoms with van der Waals surface area (Å²) in [4.78, 5) is 18.0. The molecule has 2 aromatic rings. The van der Waals surface area contributed by atoms with E-state index in [1.54, 1.807) is 0 Å². The summed E-state index contributed by atoms with van der Waals surface area (Å²) in [5.41, 5.74) is 7.55. The van der Waals surface area contributed by atoms with Crippen LogP contribution in [0.4, 0.5) is 5.69 Å². The van der Waals surface area contributed by atoms with E-state index in [1.807, 2.05) is 19.1 Å². The standard InChI is InChI=1S/C16H23N3OS/c1-10(2)6-4-5-9-18-15(20)14-13(17)12-8-7-11(3)19-16(12)21-14/h7-8,10H,4-6,9,17H2,1-3H3,(H,18,20). The van der Waals surface area contributed by atoms with Crippen LogP contribution in [0.5, 0.6) is 0 Å². The molecule has 0 aromatic carbocycles. The van der Waals surface area contributed by atoms with Crippen molar-refractivity contribution in [3.8, 4) is 0 Å². The maximum Gasteiger partial charge on any atom is 0.263 e. The third-order valence-electron chi connectivity index (χ3n) is 3.43. The minimum Gasteiger partial charge on any atom is -0.397 e. The van der Waals surface area contributed by atoms with Crippen molar-refractivity contribution in [1.29, 1.82) is 0 Å². The van der Waals surface area contributed by atoms with Gasteiger partial charge < -0.3 is 11.1 Å². The number of nitrogens with one attached hydrogen (secondary N) is 1. The van der Waals surface area contributed by atoms with E-state index in [2.05, 4.69) is 24.1 Å². The molecule has 0 fully saturated rings. The summed E-state index contributed by atoms with van der Waals surface area (Å²) >= 11 is 1.37. The van der Waals surface area contributed by atoms with Crippen molar-refractivity contribution >= 4 is 33.1 Å². The normalized spacial score (nSPS) is 11.2. The smallest absolute Gasteiger partial charge is 0.263 e. The number of carbonyl (C=O) groups excluding carboxylic acids is 1. The van der Waals surface area contributed by atoms with E-state index >= 15 is 0 Å². The quantitative estimate of drug-likeness (QED) is 0.799. The molecule has 0 radical (unpaired) electrons. The molecule has 2 heterocycles. The fraction of sp³-hybridized carbons (Fsp3) is 0.500. The number of pyridine rings is 1. The van der Waals surface area contributed by atoms with Crippen LogP contribution in [0.2, 0.25) is 0 Å². The van der Waals surface area contributed by atoms with E-state index in [4.69, 9.17) is 5.73 Å². The van der Waals surface area contributed by atoms with Crippen molar-refractivity contribution in [3.63, 3.8) is 0 Å². The first kappa shape index (κ1) is 15.8. The molecule has 0 aliphatic carbocycles.